The molecule has 1 aromatic heterocycles. The van der Waals surface area contributed by atoms with Gasteiger partial charge < -0.3 is 11.1 Å². The zero-order valence-corrected chi connectivity index (χ0v) is 13.7. The van der Waals surface area contributed by atoms with Gasteiger partial charge in [-0.25, -0.2) is 13.4 Å². The maximum absolute atomic E-state index is 11.6. The highest BCUT2D eigenvalue weighted by atomic mass is 127. The van der Waals surface area contributed by atoms with Crippen LogP contribution in [-0.2, 0) is 16.4 Å². The van der Waals surface area contributed by atoms with Gasteiger partial charge in [0.05, 0.1) is 17.1 Å². The van der Waals surface area contributed by atoms with Gasteiger partial charge in [0.1, 0.15) is 0 Å². The van der Waals surface area contributed by atoms with E-state index in [1.165, 1.54) is 6.07 Å². The van der Waals surface area contributed by atoms with E-state index in [0.717, 1.165) is 19.1 Å². The normalized spacial score (nSPS) is 15.7. The summed E-state index contributed by atoms with van der Waals surface area (Å²) in [4.78, 5) is 8.35. The van der Waals surface area contributed by atoms with E-state index < -0.39 is 9.84 Å². The Morgan fingerprint density at radius 1 is 1.58 bits per heavy atom. The number of aliphatic imine (C=N–C) groups is 1. The lowest BCUT2D eigenvalue weighted by molar-refractivity contribution is 0.600. The van der Waals surface area contributed by atoms with E-state index in [9.17, 15) is 8.42 Å². The van der Waals surface area contributed by atoms with Crippen molar-refractivity contribution in [2.24, 2.45) is 10.7 Å². The lowest BCUT2D eigenvalue weighted by Gasteiger charge is -2.06. The SMILES string of the molecule is CS(=O)(=O)c1cccnc1CN=C(N)NC1CC1.I. The summed E-state index contributed by atoms with van der Waals surface area (Å²) in [5.41, 5.74) is 6.10. The fourth-order valence-corrected chi connectivity index (χ4v) is 2.39. The van der Waals surface area contributed by atoms with E-state index in [4.69, 9.17) is 5.73 Å². The third-order valence-corrected chi connectivity index (χ3v) is 3.75. The molecule has 0 aromatic carbocycles. The van der Waals surface area contributed by atoms with Gasteiger partial charge in [-0.3, -0.25) is 4.98 Å². The number of guanidine groups is 1. The lowest BCUT2D eigenvalue weighted by atomic mass is 10.3. The quantitative estimate of drug-likeness (QED) is 0.443. The van der Waals surface area contributed by atoms with Crippen LogP contribution < -0.4 is 11.1 Å². The van der Waals surface area contributed by atoms with Crippen LogP contribution in [0, 0.1) is 0 Å². The molecular weight excluding hydrogens is 379 g/mol. The number of hydrogen-bond acceptors (Lipinski definition) is 4. The van der Waals surface area contributed by atoms with Crippen molar-refractivity contribution < 1.29 is 8.42 Å². The molecule has 2 rings (SSSR count). The molecule has 106 valence electrons. The van der Waals surface area contributed by atoms with Gasteiger partial charge in [-0.15, -0.1) is 24.0 Å². The maximum atomic E-state index is 11.6. The minimum absolute atomic E-state index is 0. The first-order chi connectivity index (χ1) is 8.47. The Bertz CT molecular complexity index is 570. The van der Waals surface area contributed by atoms with Crippen molar-refractivity contribution in [2.45, 2.75) is 30.3 Å². The van der Waals surface area contributed by atoms with Crippen molar-refractivity contribution >= 4 is 39.8 Å². The first-order valence-corrected chi connectivity index (χ1v) is 7.56. The first kappa shape index (κ1) is 16.2. The summed E-state index contributed by atoms with van der Waals surface area (Å²) in [5.74, 6) is 0.336. The maximum Gasteiger partial charge on any atom is 0.189 e. The smallest absolute Gasteiger partial charge is 0.189 e. The average Bonchev–Trinajstić information content (AvgIpc) is 3.09. The topological polar surface area (TPSA) is 97.4 Å². The number of nitrogens with two attached hydrogens (primary N) is 1. The average molecular weight is 396 g/mol. The Labute approximate surface area is 129 Å². The second kappa shape index (κ2) is 6.51. The van der Waals surface area contributed by atoms with Crippen molar-refractivity contribution in [1.29, 1.82) is 0 Å². The van der Waals surface area contributed by atoms with Crippen molar-refractivity contribution in [3.8, 4) is 0 Å². The Morgan fingerprint density at radius 3 is 2.84 bits per heavy atom. The molecule has 1 heterocycles. The van der Waals surface area contributed by atoms with Gasteiger partial charge in [-0.2, -0.15) is 0 Å². The third kappa shape index (κ3) is 4.94. The minimum Gasteiger partial charge on any atom is -0.370 e. The first-order valence-electron chi connectivity index (χ1n) is 5.67. The number of aromatic nitrogens is 1. The van der Waals surface area contributed by atoms with Crippen LogP contribution in [0.3, 0.4) is 0 Å². The van der Waals surface area contributed by atoms with E-state index in [1.54, 1.807) is 12.3 Å². The molecule has 8 heteroatoms. The minimum atomic E-state index is -3.29. The number of hydrogen-bond donors (Lipinski definition) is 2. The largest absolute Gasteiger partial charge is 0.370 e. The number of rotatable bonds is 4. The Kier molecular flexibility index (Phi) is 5.53. The molecule has 0 radical (unpaired) electrons. The Hall–Kier alpha value is -0.900. The van der Waals surface area contributed by atoms with E-state index in [2.05, 4.69) is 15.3 Å². The summed E-state index contributed by atoms with van der Waals surface area (Å²) >= 11 is 0. The third-order valence-electron chi connectivity index (χ3n) is 2.58. The number of sulfone groups is 1. The van der Waals surface area contributed by atoms with Crippen LogP contribution in [0.4, 0.5) is 0 Å². The molecule has 19 heavy (non-hydrogen) atoms. The predicted molar refractivity (Wildman–Crippen MR) is 84.2 cm³/mol. The molecule has 0 bridgehead atoms. The summed E-state index contributed by atoms with van der Waals surface area (Å²) in [6, 6.07) is 3.54. The molecule has 0 atom stereocenters. The van der Waals surface area contributed by atoms with Crippen LogP contribution in [0.2, 0.25) is 0 Å². The van der Waals surface area contributed by atoms with E-state index in [-0.39, 0.29) is 35.4 Å². The molecule has 1 fully saturated rings. The standard InChI is InChI=1S/C11H16N4O2S.HI/c1-18(16,17)10-3-2-6-13-9(10)7-14-11(12)15-8-4-5-8;/h2-3,6,8H,4-5,7H2,1H3,(H3,12,14,15);1H. The van der Waals surface area contributed by atoms with Crippen LogP contribution in [-0.4, -0.2) is 31.7 Å². The van der Waals surface area contributed by atoms with Gasteiger partial charge >= 0.3 is 0 Å². The van der Waals surface area contributed by atoms with Gasteiger partial charge in [0.2, 0.25) is 0 Å². The van der Waals surface area contributed by atoms with Gasteiger partial charge in [0, 0.05) is 18.5 Å². The van der Waals surface area contributed by atoms with E-state index in [0.29, 0.717) is 17.7 Å². The summed E-state index contributed by atoms with van der Waals surface area (Å²) in [6.07, 6.45) is 4.91. The van der Waals surface area contributed by atoms with Crippen molar-refractivity contribution in [1.82, 2.24) is 10.3 Å². The number of pyridine rings is 1. The summed E-state index contributed by atoms with van der Waals surface area (Å²) in [5, 5.41) is 3.03. The highest BCUT2D eigenvalue weighted by Gasteiger charge is 2.21. The van der Waals surface area contributed by atoms with Crippen LogP contribution in [0.25, 0.3) is 0 Å². The molecular formula is C11H17IN4O2S. The lowest BCUT2D eigenvalue weighted by Crippen LogP contribution is -2.33. The number of nitrogens with one attached hydrogen (secondary N) is 1. The Balaban J connectivity index is 0.00000180. The summed E-state index contributed by atoms with van der Waals surface area (Å²) < 4.78 is 23.1. The zero-order valence-electron chi connectivity index (χ0n) is 10.5. The molecule has 0 aliphatic heterocycles. The van der Waals surface area contributed by atoms with Crippen LogP contribution in [0.15, 0.2) is 28.2 Å². The van der Waals surface area contributed by atoms with Crippen LogP contribution in [0.5, 0.6) is 0 Å². The second-order valence-corrected chi connectivity index (χ2v) is 6.32. The van der Waals surface area contributed by atoms with Gasteiger partial charge in [0.25, 0.3) is 0 Å². The molecule has 3 N–H and O–H groups in total. The molecule has 1 aliphatic rings. The molecule has 1 aliphatic carbocycles. The molecule has 1 saturated carbocycles. The van der Waals surface area contributed by atoms with Gasteiger partial charge in [-0.1, -0.05) is 0 Å². The highest BCUT2D eigenvalue weighted by molar-refractivity contribution is 14.0. The monoisotopic (exact) mass is 396 g/mol. The van der Waals surface area contributed by atoms with Crippen molar-refractivity contribution in [3.63, 3.8) is 0 Å². The highest BCUT2D eigenvalue weighted by Crippen LogP contribution is 2.18. The van der Waals surface area contributed by atoms with Gasteiger partial charge in [0.15, 0.2) is 15.8 Å². The summed E-state index contributed by atoms with van der Waals surface area (Å²) in [7, 11) is -3.29. The number of halogens is 1. The van der Waals surface area contributed by atoms with Gasteiger partial charge in [-0.05, 0) is 25.0 Å². The van der Waals surface area contributed by atoms with Crippen LogP contribution in [0.1, 0.15) is 18.5 Å². The zero-order chi connectivity index (χ0) is 13.2. The fourth-order valence-electron chi connectivity index (χ4n) is 1.52. The molecule has 0 unspecified atom stereocenters. The molecule has 0 saturated heterocycles. The second-order valence-electron chi connectivity index (χ2n) is 4.34. The van der Waals surface area contributed by atoms with Crippen molar-refractivity contribution in [2.75, 3.05) is 6.26 Å². The molecule has 0 spiro atoms. The predicted octanol–water partition coefficient (Wildman–Crippen LogP) is 0.670. The fraction of sp³-hybridized carbons (Fsp3) is 0.455. The molecule has 1 aromatic rings. The number of nitrogens with zero attached hydrogens (tertiary/aromatic N) is 2. The van der Waals surface area contributed by atoms with E-state index in [1.807, 2.05) is 0 Å². The van der Waals surface area contributed by atoms with Crippen LogP contribution >= 0.6 is 24.0 Å². The van der Waals surface area contributed by atoms with E-state index >= 15 is 0 Å². The molecule has 0 amide bonds. The summed E-state index contributed by atoms with van der Waals surface area (Å²) in [6.45, 7) is 0.162. The van der Waals surface area contributed by atoms with Crippen molar-refractivity contribution in [3.05, 3.63) is 24.0 Å². The molecule has 6 nitrogen and oxygen atoms in total. The Morgan fingerprint density at radius 2 is 2.26 bits per heavy atom.